The summed E-state index contributed by atoms with van der Waals surface area (Å²) in [5.74, 6) is -0.237. The first kappa shape index (κ1) is 20.0. The summed E-state index contributed by atoms with van der Waals surface area (Å²) in [4.78, 5) is 25.2. The van der Waals surface area contributed by atoms with Crippen LogP contribution in [0, 0.1) is 0 Å². The van der Waals surface area contributed by atoms with Crippen LogP contribution in [0.1, 0.15) is 24.1 Å². The molecule has 6 nitrogen and oxygen atoms in total. The van der Waals surface area contributed by atoms with Crippen molar-refractivity contribution in [3.05, 3.63) is 69.2 Å². The Hall–Kier alpha value is -2.70. The number of hydrogen-bond donors (Lipinski definition) is 2. The standard InChI is InChI=1S/C20H18Cl2N2O4/c1-3-28-19(25)15-16(11-7-5-4-6-8-11)23-20(26)24-17(15)12-9-13(21)18(27-2)14(22)10-12/h4-10,17H,3H2,1-2H3,(H2,23,24,26). The normalized spacial score (nSPS) is 16.3. The van der Waals surface area contributed by atoms with Gasteiger partial charge in [0.15, 0.2) is 5.75 Å². The smallest absolute Gasteiger partial charge is 0.338 e. The monoisotopic (exact) mass is 420 g/mol. The number of halogens is 2. The van der Waals surface area contributed by atoms with Gasteiger partial charge in [-0.15, -0.1) is 0 Å². The van der Waals surface area contributed by atoms with Crippen LogP contribution < -0.4 is 15.4 Å². The van der Waals surface area contributed by atoms with Crippen molar-refractivity contribution in [2.45, 2.75) is 13.0 Å². The number of nitrogens with one attached hydrogen (secondary N) is 2. The van der Waals surface area contributed by atoms with Crippen LogP contribution in [0.25, 0.3) is 5.70 Å². The lowest BCUT2D eigenvalue weighted by Crippen LogP contribution is -2.45. The van der Waals surface area contributed by atoms with Crippen LogP contribution in [0.3, 0.4) is 0 Å². The van der Waals surface area contributed by atoms with E-state index < -0.39 is 18.0 Å². The molecule has 3 rings (SSSR count). The van der Waals surface area contributed by atoms with Gasteiger partial charge in [-0.25, -0.2) is 9.59 Å². The number of benzene rings is 2. The van der Waals surface area contributed by atoms with Crippen molar-refractivity contribution in [2.75, 3.05) is 13.7 Å². The molecule has 0 saturated heterocycles. The van der Waals surface area contributed by atoms with Gasteiger partial charge in [-0.05, 0) is 30.2 Å². The summed E-state index contributed by atoms with van der Waals surface area (Å²) < 4.78 is 10.4. The van der Waals surface area contributed by atoms with Crippen molar-refractivity contribution < 1.29 is 19.1 Å². The molecule has 1 aliphatic rings. The van der Waals surface area contributed by atoms with E-state index in [0.717, 1.165) is 0 Å². The van der Waals surface area contributed by atoms with E-state index in [1.165, 1.54) is 7.11 Å². The van der Waals surface area contributed by atoms with E-state index >= 15 is 0 Å². The molecular weight excluding hydrogens is 403 g/mol. The van der Waals surface area contributed by atoms with Gasteiger partial charge in [-0.2, -0.15) is 0 Å². The summed E-state index contributed by atoms with van der Waals surface area (Å²) in [5, 5.41) is 5.99. The Morgan fingerprint density at radius 1 is 1.14 bits per heavy atom. The quantitative estimate of drug-likeness (QED) is 0.705. The van der Waals surface area contributed by atoms with Crippen molar-refractivity contribution in [3.63, 3.8) is 0 Å². The fourth-order valence-electron chi connectivity index (χ4n) is 3.02. The summed E-state index contributed by atoms with van der Waals surface area (Å²) in [6.07, 6.45) is 0. The van der Waals surface area contributed by atoms with Crippen LogP contribution in [-0.4, -0.2) is 25.7 Å². The number of esters is 1. The molecule has 2 amide bonds. The Bertz CT molecular complexity index is 921. The number of rotatable bonds is 5. The second kappa shape index (κ2) is 8.54. The highest BCUT2D eigenvalue weighted by molar-refractivity contribution is 6.37. The van der Waals surface area contributed by atoms with Crippen molar-refractivity contribution in [1.29, 1.82) is 0 Å². The van der Waals surface area contributed by atoms with Gasteiger partial charge in [-0.3, -0.25) is 0 Å². The third kappa shape index (κ3) is 3.93. The number of methoxy groups -OCH3 is 1. The number of ether oxygens (including phenoxy) is 2. The first-order valence-corrected chi connectivity index (χ1v) is 9.29. The van der Waals surface area contributed by atoms with Crippen molar-refractivity contribution >= 4 is 40.9 Å². The van der Waals surface area contributed by atoms with Gasteiger partial charge in [0.05, 0.1) is 41.1 Å². The minimum absolute atomic E-state index is 0.190. The van der Waals surface area contributed by atoms with E-state index in [0.29, 0.717) is 22.6 Å². The van der Waals surface area contributed by atoms with Gasteiger partial charge >= 0.3 is 12.0 Å². The molecule has 0 fully saturated rings. The molecule has 1 heterocycles. The molecule has 1 atom stereocenters. The van der Waals surface area contributed by atoms with Crippen LogP contribution in [0.5, 0.6) is 5.75 Å². The van der Waals surface area contributed by atoms with E-state index in [1.807, 2.05) is 18.2 Å². The fourth-order valence-corrected chi connectivity index (χ4v) is 3.68. The lowest BCUT2D eigenvalue weighted by Gasteiger charge is -2.30. The molecule has 1 unspecified atom stereocenters. The maximum Gasteiger partial charge on any atom is 0.338 e. The van der Waals surface area contributed by atoms with Gasteiger partial charge in [0, 0.05) is 0 Å². The van der Waals surface area contributed by atoms with Crippen LogP contribution in [0.15, 0.2) is 48.0 Å². The molecule has 0 spiro atoms. The van der Waals surface area contributed by atoms with Gasteiger partial charge in [0.2, 0.25) is 0 Å². The molecule has 1 aliphatic heterocycles. The lowest BCUT2D eigenvalue weighted by atomic mass is 9.92. The van der Waals surface area contributed by atoms with Gasteiger partial charge in [0.1, 0.15) is 0 Å². The summed E-state index contributed by atoms with van der Waals surface area (Å²) in [6, 6.07) is 11.0. The largest absolute Gasteiger partial charge is 0.494 e. The summed E-state index contributed by atoms with van der Waals surface area (Å²) in [6.45, 7) is 1.90. The van der Waals surface area contributed by atoms with Crippen molar-refractivity contribution in [3.8, 4) is 5.75 Å². The van der Waals surface area contributed by atoms with Gasteiger partial charge < -0.3 is 20.1 Å². The lowest BCUT2D eigenvalue weighted by molar-refractivity contribution is -0.138. The molecule has 0 radical (unpaired) electrons. The second-order valence-corrected chi connectivity index (χ2v) is 6.74. The Morgan fingerprint density at radius 3 is 2.36 bits per heavy atom. The molecule has 146 valence electrons. The minimum atomic E-state index is -0.802. The highest BCUT2D eigenvalue weighted by Gasteiger charge is 2.35. The second-order valence-electron chi connectivity index (χ2n) is 5.92. The molecule has 0 saturated carbocycles. The molecule has 0 bridgehead atoms. The van der Waals surface area contributed by atoms with E-state index in [9.17, 15) is 9.59 Å². The maximum absolute atomic E-state index is 12.8. The Balaban J connectivity index is 2.20. The molecule has 28 heavy (non-hydrogen) atoms. The number of hydrogen-bond acceptors (Lipinski definition) is 4. The predicted molar refractivity (Wildman–Crippen MR) is 107 cm³/mol. The summed E-state index contributed by atoms with van der Waals surface area (Å²) in [7, 11) is 1.45. The number of amides is 2. The zero-order chi connectivity index (χ0) is 20.3. The summed E-state index contributed by atoms with van der Waals surface area (Å²) in [5.41, 5.74) is 1.83. The topological polar surface area (TPSA) is 76.7 Å². The summed E-state index contributed by atoms with van der Waals surface area (Å²) >= 11 is 12.5. The van der Waals surface area contributed by atoms with Gasteiger partial charge in [0.25, 0.3) is 0 Å². The van der Waals surface area contributed by atoms with E-state index in [4.69, 9.17) is 32.7 Å². The fraction of sp³-hybridized carbons (Fsp3) is 0.200. The van der Waals surface area contributed by atoms with Crippen molar-refractivity contribution in [1.82, 2.24) is 10.6 Å². The zero-order valence-corrected chi connectivity index (χ0v) is 16.7. The average Bonchev–Trinajstić information content (AvgIpc) is 2.68. The van der Waals surface area contributed by atoms with E-state index in [-0.39, 0.29) is 22.2 Å². The molecule has 0 aliphatic carbocycles. The predicted octanol–water partition coefficient (Wildman–Crippen LogP) is 4.33. The molecule has 2 aromatic carbocycles. The first-order chi connectivity index (χ1) is 13.5. The average molecular weight is 421 g/mol. The SMILES string of the molecule is CCOC(=O)C1=C(c2ccccc2)NC(=O)NC1c1cc(Cl)c(OC)c(Cl)c1. The van der Waals surface area contributed by atoms with Crippen LogP contribution in [0.2, 0.25) is 10.0 Å². The molecule has 0 aromatic heterocycles. The zero-order valence-electron chi connectivity index (χ0n) is 15.2. The molecule has 8 heteroatoms. The number of carbonyl (C=O) groups is 2. The highest BCUT2D eigenvalue weighted by atomic mass is 35.5. The number of urea groups is 1. The third-order valence-electron chi connectivity index (χ3n) is 4.19. The van der Waals surface area contributed by atoms with E-state index in [1.54, 1.807) is 31.2 Å². The highest BCUT2D eigenvalue weighted by Crippen LogP contribution is 2.39. The van der Waals surface area contributed by atoms with Crippen LogP contribution in [-0.2, 0) is 9.53 Å². The molecule has 2 aromatic rings. The third-order valence-corrected chi connectivity index (χ3v) is 4.75. The minimum Gasteiger partial charge on any atom is -0.494 e. The Morgan fingerprint density at radius 2 is 1.79 bits per heavy atom. The molecule has 2 N–H and O–H groups in total. The van der Waals surface area contributed by atoms with Crippen LogP contribution >= 0.6 is 23.2 Å². The Kier molecular flexibility index (Phi) is 6.11. The Labute approximate surface area is 172 Å². The van der Waals surface area contributed by atoms with Gasteiger partial charge in [-0.1, -0.05) is 53.5 Å². The number of carbonyl (C=O) groups excluding carboxylic acids is 2. The van der Waals surface area contributed by atoms with Crippen LogP contribution in [0.4, 0.5) is 4.79 Å². The first-order valence-electron chi connectivity index (χ1n) is 8.53. The molecular formula is C20H18Cl2N2O4. The maximum atomic E-state index is 12.8. The van der Waals surface area contributed by atoms with E-state index in [2.05, 4.69) is 10.6 Å². The van der Waals surface area contributed by atoms with Crippen molar-refractivity contribution in [2.24, 2.45) is 0 Å².